The average Bonchev–Trinajstić information content (AvgIpc) is 3.08. The van der Waals surface area contributed by atoms with Crippen molar-refractivity contribution in [2.24, 2.45) is 5.10 Å². The third kappa shape index (κ3) is 2.25. The average molecular weight is 317 g/mol. The van der Waals surface area contributed by atoms with Gasteiger partial charge in [0, 0.05) is 28.4 Å². The zero-order valence-electron chi connectivity index (χ0n) is 13.8. The predicted molar refractivity (Wildman–Crippen MR) is 99.5 cm³/mol. The van der Waals surface area contributed by atoms with Crippen LogP contribution in [0.1, 0.15) is 18.2 Å². The van der Waals surface area contributed by atoms with Crippen molar-refractivity contribution in [1.29, 1.82) is 0 Å². The number of aryl methyl sites for hydroxylation is 2. The number of imidazole rings is 1. The van der Waals surface area contributed by atoms with E-state index in [2.05, 4.69) is 64.0 Å². The second-order valence-corrected chi connectivity index (χ2v) is 5.87. The molecule has 0 bridgehead atoms. The maximum absolute atomic E-state index is 5.83. The Morgan fingerprint density at radius 3 is 2.67 bits per heavy atom. The molecule has 4 aromatic rings. The van der Waals surface area contributed by atoms with Gasteiger partial charge in [0.2, 0.25) is 5.95 Å². The van der Waals surface area contributed by atoms with Gasteiger partial charge in [-0.05, 0) is 37.6 Å². The summed E-state index contributed by atoms with van der Waals surface area (Å²) in [7, 11) is 0. The van der Waals surface area contributed by atoms with Gasteiger partial charge in [-0.15, -0.1) is 0 Å². The van der Waals surface area contributed by atoms with Crippen molar-refractivity contribution in [2.45, 2.75) is 20.4 Å². The molecule has 2 heterocycles. The van der Waals surface area contributed by atoms with Gasteiger partial charge in [0.25, 0.3) is 0 Å². The van der Waals surface area contributed by atoms with Crippen LogP contribution >= 0.6 is 0 Å². The minimum absolute atomic E-state index is 0.396. The number of benzene rings is 2. The number of hydrogen-bond donors (Lipinski definition) is 1. The zero-order chi connectivity index (χ0) is 16.7. The van der Waals surface area contributed by atoms with E-state index >= 15 is 0 Å². The third-order valence-corrected chi connectivity index (χ3v) is 4.28. The summed E-state index contributed by atoms with van der Waals surface area (Å²) >= 11 is 0. The number of fused-ring (bicyclic) bond motifs is 3. The molecular formula is C19H19N5. The van der Waals surface area contributed by atoms with Crippen LogP contribution in [-0.2, 0) is 6.54 Å². The molecule has 0 radical (unpaired) electrons. The fraction of sp³-hybridized carbons (Fsp3) is 0.158. The molecule has 2 aromatic heterocycles. The molecule has 0 aliphatic heterocycles. The van der Waals surface area contributed by atoms with Crippen molar-refractivity contribution >= 4 is 34.0 Å². The van der Waals surface area contributed by atoms with Gasteiger partial charge >= 0.3 is 0 Å². The molecule has 0 fully saturated rings. The minimum Gasteiger partial charge on any atom is -0.368 e. The molecule has 0 unspecified atom stereocenters. The van der Waals surface area contributed by atoms with Crippen LogP contribution in [0.3, 0.4) is 0 Å². The van der Waals surface area contributed by atoms with E-state index in [1.54, 1.807) is 4.68 Å². The van der Waals surface area contributed by atoms with Gasteiger partial charge in [0.15, 0.2) is 0 Å². The van der Waals surface area contributed by atoms with E-state index in [1.807, 2.05) is 19.3 Å². The fourth-order valence-electron chi connectivity index (χ4n) is 3.22. The number of nitrogens with two attached hydrogens (primary N) is 1. The van der Waals surface area contributed by atoms with Gasteiger partial charge in [-0.2, -0.15) is 5.10 Å². The monoisotopic (exact) mass is 317 g/mol. The van der Waals surface area contributed by atoms with Crippen LogP contribution in [-0.4, -0.2) is 20.4 Å². The molecule has 24 heavy (non-hydrogen) atoms. The van der Waals surface area contributed by atoms with Crippen molar-refractivity contribution in [3.63, 3.8) is 0 Å². The molecular weight excluding hydrogens is 298 g/mol. The summed E-state index contributed by atoms with van der Waals surface area (Å²) in [5.41, 5.74) is 10.2. The zero-order valence-corrected chi connectivity index (χ0v) is 13.8. The van der Waals surface area contributed by atoms with Crippen LogP contribution in [0, 0.1) is 6.92 Å². The topological polar surface area (TPSA) is 61.1 Å². The summed E-state index contributed by atoms with van der Waals surface area (Å²) in [6, 6.07) is 14.9. The van der Waals surface area contributed by atoms with Crippen LogP contribution in [0.2, 0.25) is 0 Å². The molecule has 5 heteroatoms. The van der Waals surface area contributed by atoms with E-state index in [0.717, 1.165) is 17.8 Å². The lowest BCUT2D eigenvalue weighted by molar-refractivity contribution is 0.827. The van der Waals surface area contributed by atoms with Crippen LogP contribution in [0.5, 0.6) is 0 Å². The molecule has 0 saturated carbocycles. The highest BCUT2D eigenvalue weighted by atomic mass is 15.4. The molecule has 0 atom stereocenters. The van der Waals surface area contributed by atoms with Crippen molar-refractivity contribution in [3.05, 3.63) is 59.9 Å². The van der Waals surface area contributed by atoms with E-state index < -0.39 is 0 Å². The number of nitrogens with zero attached hydrogens (tertiary/aromatic N) is 4. The molecule has 120 valence electrons. The van der Waals surface area contributed by atoms with Crippen LogP contribution < -0.4 is 5.73 Å². The van der Waals surface area contributed by atoms with E-state index in [1.165, 1.54) is 21.8 Å². The standard InChI is InChI=1S/C19H19N5/c1-3-23-17-7-5-4-6-15(17)16-10-14(8-9-18(16)23)11-21-24-12-13(2)22-19(24)20/h4-12H,3H2,1-2H3,(H2,20,22). The molecule has 0 aliphatic carbocycles. The first-order valence-corrected chi connectivity index (χ1v) is 8.04. The molecule has 2 N–H and O–H groups in total. The molecule has 0 spiro atoms. The molecule has 5 nitrogen and oxygen atoms in total. The Balaban J connectivity index is 1.84. The smallest absolute Gasteiger partial charge is 0.221 e. The Labute approximate surface area is 140 Å². The Kier molecular flexibility index (Phi) is 3.34. The summed E-state index contributed by atoms with van der Waals surface area (Å²) in [5.74, 6) is 0.396. The van der Waals surface area contributed by atoms with Crippen molar-refractivity contribution in [3.8, 4) is 0 Å². The van der Waals surface area contributed by atoms with Gasteiger partial charge in [-0.3, -0.25) is 0 Å². The number of para-hydroxylation sites is 1. The Morgan fingerprint density at radius 1 is 1.12 bits per heavy atom. The second-order valence-electron chi connectivity index (χ2n) is 5.87. The lowest BCUT2D eigenvalue weighted by Crippen LogP contribution is -1.97. The second kappa shape index (κ2) is 5.53. The van der Waals surface area contributed by atoms with Gasteiger partial charge in [-0.25, -0.2) is 9.66 Å². The van der Waals surface area contributed by atoms with E-state index in [9.17, 15) is 0 Å². The maximum Gasteiger partial charge on any atom is 0.221 e. The van der Waals surface area contributed by atoms with Crippen molar-refractivity contribution < 1.29 is 0 Å². The fourth-order valence-corrected chi connectivity index (χ4v) is 3.22. The Bertz CT molecular complexity index is 1070. The molecule has 2 aromatic carbocycles. The van der Waals surface area contributed by atoms with E-state index in [4.69, 9.17) is 5.73 Å². The summed E-state index contributed by atoms with van der Waals surface area (Å²) in [6.45, 7) is 5.02. The highest BCUT2D eigenvalue weighted by Crippen LogP contribution is 2.29. The molecule has 0 amide bonds. The lowest BCUT2D eigenvalue weighted by Gasteiger charge is -2.02. The number of nitrogen functional groups attached to an aromatic ring is 1. The van der Waals surface area contributed by atoms with Gasteiger partial charge in [-0.1, -0.05) is 24.3 Å². The number of rotatable bonds is 3. The SMILES string of the molecule is CCn1c2ccccc2c2cc(C=Nn3cc(C)nc3N)ccc21. The van der Waals surface area contributed by atoms with Crippen molar-refractivity contribution in [1.82, 2.24) is 14.2 Å². The first-order chi connectivity index (χ1) is 11.7. The van der Waals surface area contributed by atoms with E-state index in [-0.39, 0.29) is 0 Å². The van der Waals surface area contributed by atoms with Crippen LogP contribution in [0.25, 0.3) is 21.8 Å². The first kappa shape index (κ1) is 14.5. The largest absolute Gasteiger partial charge is 0.368 e. The summed E-state index contributed by atoms with van der Waals surface area (Å²) < 4.78 is 3.93. The minimum atomic E-state index is 0.396. The summed E-state index contributed by atoms with van der Waals surface area (Å²) in [6.07, 6.45) is 3.63. The molecule has 0 aliphatic rings. The quantitative estimate of drug-likeness (QED) is 0.584. The van der Waals surface area contributed by atoms with Crippen LogP contribution in [0.4, 0.5) is 5.95 Å². The predicted octanol–water partition coefficient (Wildman–Crippen LogP) is 3.78. The van der Waals surface area contributed by atoms with Crippen LogP contribution in [0.15, 0.2) is 53.8 Å². The highest BCUT2D eigenvalue weighted by molar-refractivity contribution is 6.09. The van der Waals surface area contributed by atoms with Gasteiger partial charge in [0.05, 0.1) is 18.1 Å². The third-order valence-electron chi connectivity index (χ3n) is 4.28. The van der Waals surface area contributed by atoms with E-state index in [0.29, 0.717) is 5.95 Å². The van der Waals surface area contributed by atoms with Gasteiger partial charge < -0.3 is 10.3 Å². The highest BCUT2D eigenvalue weighted by Gasteiger charge is 2.09. The summed E-state index contributed by atoms with van der Waals surface area (Å²) in [4.78, 5) is 4.15. The Morgan fingerprint density at radius 2 is 1.92 bits per heavy atom. The lowest BCUT2D eigenvalue weighted by atomic mass is 10.1. The molecule has 4 rings (SSSR count). The number of anilines is 1. The normalized spacial score (nSPS) is 11.9. The Hall–Kier alpha value is -3.08. The number of aromatic nitrogens is 3. The van der Waals surface area contributed by atoms with Crippen molar-refractivity contribution in [2.75, 3.05) is 5.73 Å². The maximum atomic E-state index is 5.83. The summed E-state index contributed by atoms with van der Waals surface area (Å²) in [5, 5.41) is 6.92. The molecule has 0 saturated heterocycles. The first-order valence-electron chi connectivity index (χ1n) is 8.04. The number of hydrogen-bond acceptors (Lipinski definition) is 3. The van der Waals surface area contributed by atoms with Gasteiger partial charge in [0.1, 0.15) is 0 Å².